The van der Waals surface area contributed by atoms with Crippen LogP contribution in [0.1, 0.15) is 30.1 Å². The summed E-state index contributed by atoms with van der Waals surface area (Å²) in [4.78, 5) is 4.37. The van der Waals surface area contributed by atoms with E-state index < -0.39 is 0 Å². The molecule has 0 aliphatic rings. The van der Waals surface area contributed by atoms with E-state index in [4.69, 9.17) is 0 Å². The Balaban J connectivity index is 1.81. The fraction of sp³-hybridized carbons (Fsp3) is 0.357. The average Bonchev–Trinajstić information content (AvgIpc) is 2.90. The summed E-state index contributed by atoms with van der Waals surface area (Å²) in [6.45, 7) is 0. The van der Waals surface area contributed by atoms with E-state index in [-0.39, 0.29) is 0 Å². The number of benzene rings is 1. The molecule has 1 aromatic heterocycles. The Hall–Kier alpha value is -1.19. The minimum atomic E-state index is 0.393. The standard InChI is InChI=1S/C14H18N2S/c1-15-13(14-10-17-11-16-14)9-5-8-12-6-3-2-4-7-12/h2-4,6-7,10-11,13,15H,5,8-9H2,1H3. The van der Waals surface area contributed by atoms with Crippen LogP contribution < -0.4 is 5.32 Å². The van der Waals surface area contributed by atoms with Gasteiger partial charge in [0, 0.05) is 5.38 Å². The van der Waals surface area contributed by atoms with Crippen LogP contribution in [0.5, 0.6) is 0 Å². The van der Waals surface area contributed by atoms with E-state index in [1.807, 2.05) is 12.6 Å². The summed E-state index contributed by atoms with van der Waals surface area (Å²) in [6.07, 6.45) is 3.46. The molecule has 1 atom stereocenters. The molecule has 2 rings (SSSR count). The molecule has 1 heterocycles. The van der Waals surface area contributed by atoms with Crippen molar-refractivity contribution < 1.29 is 0 Å². The van der Waals surface area contributed by atoms with Gasteiger partial charge < -0.3 is 5.32 Å². The van der Waals surface area contributed by atoms with Crippen molar-refractivity contribution in [3.63, 3.8) is 0 Å². The molecule has 0 spiro atoms. The van der Waals surface area contributed by atoms with Gasteiger partial charge in [-0.05, 0) is 31.9 Å². The monoisotopic (exact) mass is 246 g/mol. The van der Waals surface area contributed by atoms with Crippen LogP contribution in [0.25, 0.3) is 0 Å². The number of thiazole rings is 1. The maximum atomic E-state index is 4.37. The van der Waals surface area contributed by atoms with Gasteiger partial charge in [-0.15, -0.1) is 11.3 Å². The molecule has 1 unspecified atom stereocenters. The fourth-order valence-corrected chi connectivity index (χ4v) is 2.60. The molecule has 0 fully saturated rings. The van der Waals surface area contributed by atoms with Crippen LogP contribution >= 0.6 is 11.3 Å². The minimum absolute atomic E-state index is 0.393. The zero-order valence-corrected chi connectivity index (χ0v) is 10.9. The maximum absolute atomic E-state index is 4.37. The van der Waals surface area contributed by atoms with E-state index in [0.717, 1.165) is 12.8 Å². The van der Waals surface area contributed by atoms with Crippen LogP contribution in [-0.4, -0.2) is 12.0 Å². The molecule has 1 N–H and O–H groups in total. The first-order valence-electron chi connectivity index (χ1n) is 5.99. The molecule has 2 aromatic rings. The van der Waals surface area contributed by atoms with Crippen LogP contribution in [-0.2, 0) is 6.42 Å². The van der Waals surface area contributed by atoms with Gasteiger partial charge in [-0.2, -0.15) is 0 Å². The Kier molecular flexibility index (Phi) is 4.71. The first kappa shape index (κ1) is 12.3. The van der Waals surface area contributed by atoms with Crippen LogP contribution in [0, 0.1) is 0 Å². The molecule has 0 radical (unpaired) electrons. The second-order valence-electron chi connectivity index (χ2n) is 4.13. The Bertz CT molecular complexity index is 411. The first-order valence-corrected chi connectivity index (χ1v) is 6.93. The summed E-state index contributed by atoms with van der Waals surface area (Å²) < 4.78 is 0. The molecule has 17 heavy (non-hydrogen) atoms. The van der Waals surface area contributed by atoms with Crippen molar-refractivity contribution in [3.8, 4) is 0 Å². The molecule has 0 saturated carbocycles. The SMILES string of the molecule is CNC(CCCc1ccccc1)c1cscn1. The predicted octanol–water partition coefficient (Wildman–Crippen LogP) is 3.43. The van der Waals surface area contributed by atoms with Crippen molar-refractivity contribution in [2.45, 2.75) is 25.3 Å². The number of nitrogens with one attached hydrogen (secondary N) is 1. The van der Waals surface area contributed by atoms with Gasteiger partial charge in [0.1, 0.15) is 0 Å². The van der Waals surface area contributed by atoms with Crippen molar-refractivity contribution in [3.05, 3.63) is 52.5 Å². The summed E-state index contributed by atoms with van der Waals surface area (Å²) in [5.74, 6) is 0. The second-order valence-corrected chi connectivity index (χ2v) is 4.85. The number of nitrogens with zero attached hydrogens (tertiary/aromatic N) is 1. The molecule has 0 aliphatic heterocycles. The maximum Gasteiger partial charge on any atom is 0.0795 e. The summed E-state index contributed by atoms with van der Waals surface area (Å²) >= 11 is 1.66. The summed E-state index contributed by atoms with van der Waals surface area (Å²) in [6, 6.07) is 11.0. The van der Waals surface area contributed by atoms with Gasteiger partial charge in [-0.1, -0.05) is 30.3 Å². The molecular weight excluding hydrogens is 228 g/mol. The third-order valence-corrected chi connectivity index (χ3v) is 3.56. The van der Waals surface area contributed by atoms with Crippen LogP contribution in [0.15, 0.2) is 41.2 Å². The Morgan fingerprint density at radius 2 is 2.12 bits per heavy atom. The molecule has 3 heteroatoms. The molecule has 2 nitrogen and oxygen atoms in total. The number of hydrogen-bond acceptors (Lipinski definition) is 3. The lowest BCUT2D eigenvalue weighted by Crippen LogP contribution is -2.16. The lowest BCUT2D eigenvalue weighted by atomic mass is 10.0. The van der Waals surface area contributed by atoms with E-state index in [0.29, 0.717) is 6.04 Å². The number of rotatable bonds is 6. The molecular formula is C14H18N2S. The smallest absolute Gasteiger partial charge is 0.0795 e. The second kappa shape index (κ2) is 6.52. The number of aryl methyl sites for hydroxylation is 1. The highest BCUT2D eigenvalue weighted by molar-refractivity contribution is 7.07. The molecule has 1 aromatic carbocycles. The van der Waals surface area contributed by atoms with Crippen molar-refractivity contribution in [1.82, 2.24) is 10.3 Å². The molecule has 90 valence electrons. The zero-order valence-electron chi connectivity index (χ0n) is 10.1. The van der Waals surface area contributed by atoms with Crippen molar-refractivity contribution in [2.75, 3.05) is 7.05 Å². The largest absolute Gasteiger partial charge is 0.312 e. The number of hydrogen-bond donors (Lipinski definition) is 1. The van der Waals surface area contributed by atoms with Crippen LogP contribution in [0.2, 0.25) is 0 Å². The lowest BCUT2D eigenvalue weighted by Gasteiger charge is -2.13. The summed E-state index contributed by atoms with van der Waals surface area (Å²) in [5, 5.41) is 5.46. The quantitative estimate of drug-likeness (QED) is 0.844. The predicted molar refractivity (Wildman–Crippen MR) is 73.3 cm³/mol. The van der Waals surface area contributed by atoms with Crippen molar-refractivity contribution in [1.29, 1.82) is 0 Å². The van der Waals surface area contributed by atoms with Gasteiger partial charge in [0.25, 0.3) is 0 Å². The van der Waals surface area contributed by atoms with Gasteiger partial charge in [0.2, 0.25) is 0 Å². The van der Waals surface area contributed by atoms with E-state index in [9.17, 15) is 0 Å². The van der Waals surface area contributed by atoms with Gasteiger partial charge in [0.15, 0.2) is 0 Å². The van der Waals surface area contributed by atoms with Gasteiger partial charge in [-0.25, -0.2) is 4.98 Å². The van der Waals surface area contributed by atoms with E-state index in [2.05, 4.69) is 46.0 Å². The third kappa shape index (κ3) is 3.65. The summed E-state index contributed by atoms with van der Waals surface area (Å²) in [5.41, 5.74) is 4.49. The van der Waals surface area contributed by atoms with Crippen molar-refractivity contribution >= 4 is 11.3 Å². The summed E-state index contributed by atoms with van der Waals surface area (Å²) in [7, 11) is 2.01. The van der Waals surface area contributed by atoms with Gasteiger partial charge in [0.05, 0.1) is 17.2 Å². The van der Waals surface area contributed by atoms with Gasteiger partial charge >= 0.3 is 0 Å². The highest BCUT2D eigenvalue weighted by Gasteiger charge is 2.10. The molecule has 0 amide bonds. The molecule has 0 bridgehead atoms. The van der Waals surface area contributed by atoms with Crippen LogP contribution in [0.3, 0.4) is 0 Å². The minimum Gasteiger partial charge on any atom is -0.312 e. The fourth-order valence-electron chi connectivity index (χ4n) is 1.99. The first-order chi connectivity index (χ1) is 8.40. The Morgan fingerprint density at radius 3 is 2.76 bits per heavy atom. The topological polar surface area (TPSA) is 24.9 Å². The molecule has 0 aliphatic carbocycles. The lowest BCUT2D eigenvalue weighted by molar-refractivity contribution is 0.517. The highest BCUT2D eigenvalue weighted by Crippen LogP contribution is 2.19. The molecule has 0 saturated heterocycles. The average molecular weight is 246 g/mol. The zero-order chi connectivity index (χ0) is 11.9. The van der Waals surface area contributed by atoms with Crippen LogP contribution in [0.4, 0.5) is 0 Å². The van der Waals surface area contributed by atoms with Crippen molar-refractivity contribution in [2.24, 2.45) is 0 Å². The van der Waals surface area contributed by atoms with Gasteiger partial charge in [-0.3, -0.25) is 0 Å². The Morgan fingerprint density at radius 1 is 1.29 bits per heavy atom. The third-order valence-electron chi connectivity index (χ3n) is 2.96. The Labute approximate surface area is 107 Å². The highest BCUT2D eigenvalue weighted by atomic mass is 32.1. The normalized spacial score (nSPS) is 12.5. The van der Waals surface area contributed by atoms with E-state index in [1.165, 1.54) is 17.7 Å². The number of aromatic nitrogens is 1. The van der Waals surface area contributed by atoms with E-state index in [1.54, 1.807) is 11.3 Å². The van der Waals surface area contributed by atoms with E-state index >= 15 is 0 Å².